The number of aromatic nitrogens is 1. The molecule has 1 amide bonds. The van der Waals surface area contributed by atoms with Gasteiger partial charge in [0, 0.05) is 38.4 Å². The van der Waals surface area contributed by atoms with Crippen molar-refractivity contribution in [2.75, 3.05) is 13.2 Å². The van der Waals surface area contributed by atoms with Gasteiger partial charge in [-0.2, -0.15) is 0 Å². The summed E-state index contributed by atoms with van der Waals surface area (Å²) in [6.45, 7) is 5.36. The first-order chi connectivity index (χ1) is 13.5. The average Bonchev–Trinajstić information content (AvgIpc) is 2.72. The van der Waals surface area contributed by atoms with Crippen molar-refractivity contribution < 1.29 is 14.6 Å². The van der Waals surface area contributed by atoms with E-state index in [-0.39, 0.29) is 30.4 Å². The zero-order valence-electron chi connectivity index (χ0n) is 16.5. The van der Waals surface area contributed by atoms with E-state index >= 15 is 0 Å². The minimum atomic E-state index is -0.291. The summed E-state index contributed by atoms with van der Waals surface area (Å²) >= 11 is 0. The number of aliphatic hydroxyl groups is 1. The molecule has 0 saturated carbocycles. The van der Waals surface area contributed by atoms with Gasteiger partial charge in [0.2, 0.25) is 0 Å². The summed E-state index contributed by atoms with van der Waals surface area (Å²) in [6.07, 6.45) is 3.63. The molecule has 1 aliphatic heterocycles. The van der Waals surface area contributed by atoms with Crippen molar-refractivity contribution in [1.29, 1.82) is 0 Å². The highest BCUT2D eigenvalue weighted by molar-refractivity contribution is 5.69. The summed E-state index contributed by atoms with van der Waals surface area (Å²) in [6, 6.07) is 11.4. The zero-order valence-corrected chi connectivity index (χ0v) is 16.5. The Bertz CT molecular complexity index is 860. The van der Waals surface area contributed by atoms with Crippen LogP contribution in [0.2, 0.25) is 0 Å². The highest BCUT2D eigenvalue weighted by atomic mass is 16.6. The molecule has 1 aromatic heterocycles. The van der Waals surface area contributed by atoms with Gasteiger partial charge in [0.25, 0.3) is 5.56 Å². The first-order valence-electron chi connectivity index (χ1n) is 9.92. The Balaban J connectivity index is 1.69. The fraction of sp³-hybridized carbons (Fsp3) is 0.455. The summed E-state index contributed by atoms with van der Waals surface area (Å²) in [5.41, 5.74) is 3.06. The molecule has 2 heterocycles. The average molecular weight is 384 g/mol. The van der Waals surface area contributed by atoms with Crippen molar-refractivity contribution in [3.63, 3.8) is 0 Å². The number of hydrogen-bond donors (Lipinski definition) is 1. The third-order valence-electron chi connectivity index (χ3n) is 5.40. The Labute approximate surface area is 165 Å². The maximum Gasteiger partial charge on any atom is 0.410 e. The fourth-order valence-corrected chi connectivity index (χ4v) is 3.60. The lowest BCUT2D eigenvalue weighted by Gasteiger charge is -2.35. The Morgan fingerprint density at radius 3 is 2.50 bits per heavy atom. The third kappa shape index (κ3) is 4.44. The van der Waals surface area contributed by atoms with E-state index in [9.17, 15) is 9.59 Å². The normalized spacial score (nSPS) is 18.0. The summed E-state index contributed by atoms with van der Waals surface area (Å²) < 4.78 is 7.20. The lowest BCUT2D eigenvalue weighted by molar-refractivity contribution is 0.00760. The number of benzene rings is 1. The van der Waals surface area contributed by atoms with E-state index in [0.29, 0.717) is 25.9 Å². The molecule has 0 bridgehead atoms. The number of rotatable bonds is 7. The van der Waals surface area contributed by atoms with Crippen LogP contribution < -0.4 is 5.56 Å². The minimum absolute atomic E-state index is 0.00241. The van der Waals surface area contributed by atoms with Gasteiger partial charge in [-0.1, -0.05) is 24.3 Å². The predicted octanol–water partition coefficient (Wildman–Crippen LogP) is 3.58. The molecule has 6 nitrogen and oxygen atoms in total. The van der Waals surface area contributed by atoms with Crippen LogP contribution >= 0.6 is 0 Å². The minimum Gasteiger partial charge on any atom is -0.446 e. The van der Waals surface area contributed by atoms with Crippen LogP contribution in [0.15, 0.2) is 47.4 Å². The van der Waals surface area contributed by atoms with Crippen LogP contribution in [0, 0.1) is 0 Å². The summed E-state index contributed by atoms with van der Waals surface area (Å²) in [5, 5.41) is 8.93. The number of hydrogen-bond acceptors (Lipinski definition) is 4. The number of cyclic esters (lactones) is 1. The maximum absolute atomic E-state index is 12.4. The van der Waals surface area contributed by atoms with Crippen molar-refractivity contribution in [2.45, 2.75) is 51.8 Å². The topological polar surface area (TPSA) is 71.8 Å². The van der Waals surface area contributed by atoms with Crippen LogP contribution in [0.3, 0.4) is 0 Å². The molecule has 3 rings (SSSR count). The number of nitrogens with zero attached hydrogens (tertiary/aromatic N) is 2. The number of ether oxygens (including phenoxy) is 1. The Kier molecular flexibility index (Phi) is 6.52. The molecule has 0 spiro atoms. The first kappa shape index (κ1) is 20.1. The zero-order chi connectivity index (χ0) is 20.1. The molecule has 1 aliphatic rings. The van der Waals surface area contributed by atoms with Gasteiger partial charge in [0.15, 0.2) is 0 Å². The van der Waals surface area contributed by atoms with Crippen molar-refractivity contribution >= 4 is 6.09 Å². The summed E-state index contributed by atoms with van der Waals surface area (Å²) in [5.74, 6) is 0. The lowest BCUT2D eigenvalue weighted by Crippen LogP contribution is -2.43. The number of amides is 1. The van der Waals surface area contributed by atoms with Gasteiger partial charge in [-0.3, -0.25) is 4.79 Å². The molecule has 1 unspecified atom stereocenters. The van der Waals surface area contributed by atoms with Crippen molar-refractivity contribution in [2.24, 2.45) is 0 Å². The van der Waals surface area contributed by atoms with Crippen LogP contribution in [0.5, 0.6) is 0 Å². The van der Waals surface area contributed by atoms with Crippen LogP contribution in [-0.2, 0) is 11.3 Å². The van der Waals surface area contributed by atoms with E-state index in [1.165, 1.54) is 0 Å². The van der Waals surface area contributed by atoms with Gasteiger partial charge in [0.1, 0.15) is 6.10 Å². The van der Waals surface area contributed by atoms with E-state index in [2.05, 4.69) is 0 Å². The van der Waals surface area contributed by atoms with Gasteiger partial charge >= 0.3 is 6.09 Å². The van der Waals surface area contributed by atoms with Gasteiger partial charge in [-0.25, -0.2) is 4.79 Å². The van der Waals surface area contributed by atoms with E-state index in [1.807, 2.05) is 50.4 Å². The van der Waals surface area contributed by atoms with Crippen LogP contribution in [0.1, 0.15) is 44.7 Å². The predicted molar refractivity (Wildman–Crippen MR) is 108 cm³/mol. The molecule has 150 valence electrons. The number of aryl methyl sites for hydroxylation is 1. The molecule has 0 radical (unpaired) electrons. The third-order valence-corrected chi connectivity index (χ3v) is 5.40. The SMILES string of the molecule is CCn1cc(-c2ccc(C(C)N3CC[C@@H](CCCO)OC3=O)cc2)ccc1=O. The lowest BCUT2D eigenvalue weighted by atomic mass is 10.0. The van der Waals surface area contributed by atoms with Crippen molar-refractivity contribution in [1.82, 2.24) is 9.47 Å². The van der Waals surface area contributed by atoms with E-state index in [1.54, 1.807) is 15.5 Å². The Hall–Kier alpha value is -2.60. The molecule has 0 aliphatic carbocycles. The number of carbonyl (C=O) groups is 1. The molecular weight excluding hydrogens is 356 g/mol. The number of pyridine rings is 1. The molecule has 1 aromatic carbocycles. The second-order valence-corrected chi connectivity index (χ2v) is 7.19. The van der Waals surface area contributed by atoms with E-state index in [4.69, 9.17) is 9.84 Å². The first-order valence-corrected chi connectivity index (χ1v) is 9.92. The van der Waals surface area contributed by atoms with E-state index in [0.717, 1.165) is 23.1 Å². The Morgan fingerprint density at radius 2 is 1.86 bits per heavy atom. The van der Waals surface area contributed by atoms with E-state index < -0.39 is 0 Å². The second kappa shape index (κ2) is 9.06. The fourth-order valence-electron chi connectivity index (χ4n) is 3.60. The summed E-state index contributed by atoms with van der Waals surface area (Å²) in [7, 11) is 0. The monoisotopic (exact) mass is 384 g/mol. The van der Waals surface area contributed by atoms with Crippen molar-refractivity contribution in [3.8, 4) is 11.1 Å². The smallest absolute Gasteiger partial charge is 0.410 e. The molecular formula is C22H28N2O4. The van der Waals surface area contributed by atoms with Gasteiger partial charge < -0.3 is 19.3 Å². The van der Waals surface area contributed by atoms with Crippen LogP contribution in [0.4, 0.5) is 4.79 Å². The highest BCUT2D eigenvalue weighted by Gasteiger charge is 2.30. The standard InChI is InChI=1S/C22H28N2O4/c1-3-23-15-19(10-11-21(23)26)18-8-6-17(7-9-18)16(2)24-13-12-20(5-4-14-25)28-22(24)27/h6-11,15-16,20,25H,3-5,12-14H2,1-2H3/t16?,20-/m1/s1. The quantitative estimate of drug-likeness (QED) is 0.792. The highest BCUT2D eigenvalue weighted by Crippen LogP contribution is 2.28. The van der Waals surface area contributed by atoms with Crippen LogP contribution in [-0.4, -0.2) is 39.9 Å². The molecule has 1 saturated heterocycles. The molecule has 1 N–H and O–H groups in total. The molecule has 2 atom stereocenters. The second-order valence-electron chi connectivity index (χ2n) is 7.19. The summed E-state index contributed by atoms with van der Waals surface area (Å²) in [4.78, 5) is 25.9. The molecule has 2 aromatic rings. The number of aliphatic hydroxyl groups excluding tert-OH is 1. The number of carbonyl (C=O) groups excluding carboxylic acids is 1. The largest absolute Gasteiger partial charge is 0.446 e. The molecule has 28 heavy (non-hydrogen) atoms. The van der Waals surface area contributed by atoms with Gasteiger partial charge in [0.05, 0.1) is 6.04 Å². The molecule has 1 fully saturated rings. The van der Waals surface area contributed by atoms with Gasteiger partial charge in [-0.05, 0) is 49.4 Å². The molecule has 6 heteroatoms. The maximum atomic E-state index is 12.4. The van der Waals surface area contributed by atoms with Gasteiger partial charge in [-0.15, -0.1) is 0 Å². The Morgan fingerprint density at radius 1 is 1.14 bits per heavy atom. The van der Waals surface area contributed by atoms with Crippen molar-refractivity contribution in [3.05, 3.63) is 58.5 Å². The van der Waals surface area contributed by atoms with Crippen LogP contribution in [0.25, 0.3) is 11.1 Å².